The lowest BCUT2D eigenvalue weighted by Gasteiger charge is -2.43. The van der Waals surface area contributed by atoms with Crippen LogP contribution in [0.4, 0.5) is 0 Å². The lowest BCUT2D eigenvalue weighted by atomic mass is 9.92. The van der Waals surface area contributed by atoms with Crippen molar-refractivity contribution >= 4 is 36.2 Å². The SMILES string of the molecule is CCOC(=O)C1=C(CC[C@H](C)OS(C)(=O)=O)C(C)(O[Si](C)(C)C(C)(C)C)CS1. The topological polar surface area (TPSA) is 78.9 Å². The molecule has 0 aliphatic carbocycles. The van der Waals surface area contributed by atoms with E-state index in [0.29, 0.717) is 30.1 Å². The van der Waals surface area contributed by atoms with Crippen LogP contribution in [0, 0.1) is 0 Å². The van der Waals surface area contributed by atoms with Gasteiger partial charge < -0.3 is 9.16 Å². The van der Waals surface area contributed by atoms with Gasteiger partial charge in [0.05, 0.1) is 29.5 Å². The molecule has 28 heavy (non-hydrogen) atoms. The fraction of sp³-hybridized carbons (Fsp3) is 0.842. The predicted octanol–water partition coefficient (Wildman–Crippen LogP) is 4.48. The molecular weight excluding hydrogens is 416 g/mol. The second-order valence-corrected chi connectivity index (χ2v) is 16.4. The molecule has 2 atom stereocenters. The first kappa shape index (κ1) is 25.7. The molecular formula is C19H36O6S2Si. The van der Waals surface area contributed by atoms with Gasteiger partial charge in [-0.25, -0.2) is 4.79 Å². The average Bonchev–Trinajstić information content (AvgIpc) is 2.78. The van der Waals surface area contributed by atoms with E-state index in [0.717, 1.165) is 11.8 Å². The summed E-state index contributed by atoms with van der Waals surface area (Å²) in [5.74, 6) is 0.311. The van der Waals surface area contributed by atoms with Crippen LogP contribution in [0.15, 0.2) is 10.5 Å². The second kappa shape index (κ2) is 9.20. The van der Waals surface area contributed by atoms with Gasteiger partial charge in [0.15, 0.2) is 8.32 Å². The number of rotatable bonds is 9. The van der Waals surface area contributed by atoms with E-state index in [2.05, 4.69) is 33.9 Å². The summed E-state index contributed by atoms with van der Waals surface area (Å²) >= 11 is 1.46. The van der Waals surface area contributed by atoms with Gasteiger partial charge in [-0.1, -0.05) is 20.8 Å². The third kappa shape index (κ3) is 6.86. The van der Waals surface area contributed by atoms with Crippen LogP contribution in [0.3, 0.4) is 0 Å². The Morgan fingerprint density at radius 3 is 2.36 bits per heavy atom. The maximum absolute atomic E-state index is 12.5. The molecule has 0 N–H and O–H groups in total. The zero-order valence-electron chi connectivity index (χ0n) is 18.7. The van der Waals surface area contributed by atoms with Crippen LogP contribution < -0.4 is 0 Å². The molecule has 1 aliphatic rings. The molecule has 0 fully saturated rings. The standard InChI is InChI=1S/C19H36O6S2Si/c1-10-23-17(20)16-15(12-11-14(2)24-27(7,21)22)19(6,13-26-16)25-28(8,9)18(3,4)5/h14H,10-13H2,1-9H3/t14-,19?/m0/s1. The van der Waals surface area contributed by atoms with Crippen molar-refractivity contribution in [2.75, 3.05) is 18.6 Å². The molecule has 0 aromatic heterocycles. The fourth-order valence-electron chi connectivity index (χ4n) is 2.88. The normalized spacial score (nSPS) is 22.5. The summed E-state index contributed by atoms with van der Waals surface area (Å²) in [4.78, 5) is 13.1. The minimum atomic E-state index is -3.52. The highest BCUT2D eigenvalue weighted by molar-refractivity contribution is 8.04. The van der Waals surface area contributed by atoms with Crippen molar-refractivity contribution in [2.45, 2.75) is 84.2 Å². The lowest BCUT2D eigenvalue weighted by molar-refractivity contribution is -0.137. The number of hydrogen-bond acceptors (Lipinski definition) is 7. The minimum absolute atomic E-state index is 0.0329. The number of carbonyl (C=O) groups is 1. The van der Waals surface area contributed by atoms with Gasteiger partial charge in [-0.05, 0) is 57.3 Å². The van der Waals surface area contributed by atoms with Gasteiger partial charge in [0.2, 0.25) is 0 Å². The summed E-state index contributed by atoms with van der Waals surface area (Å²) in [5, 5.41) is 0.0329. The number of esters is 1. The summed E-state index contributed by atoms with van der Waals surface area (Å²) in [6, 6.07) is 0. The van der Waals surface area contributed by atoms with Crippen LogP contribution in [0.1, 0.15) is 54.4 Å². The van der Waals surface area contributed by atoms with Gasteiger partial charge in [0.1, 0.15) is 0 Å². The van der Waals surface area contributed by atoms with Gasteiger partial charge >= 0.3 is 5.97 Å². The Balaban J connectivity index is 3.17. The van der Waals surface area contributed by atoms with Crippen LogP contribution in [0.2, 0.25) is 18.1 Å². The maximum Gasteiger partial charge on any atom is 0.344 e. The van der Waals surface area contributed by atoms with Crippen molar-refractivity contribution in [1.82, 2.24) is 0 Å². The van der Waals surface area contributed by atoms with Crippen LogP contribution in [-0.2, 0) is 28.3 Å². The lowest BCUT2D eigenvalue weighted by Crippen LogP contribution is -2.49. The van der Waals surface area contributed by atoms with Crippen molar-refractivity contribution in [3.8, 4) is 0 Å². The summed E-state index contributed by atoms with van der Waals surface area (Å²) < 4.78 is 39.8. The van der Waals surface area contributed by atoms with Gasteiger partial charge in [-0.3, -0.25) is 4.18 Å². The Bertz CT molecular complexity index is 708. The van der Waals surface area contributed by atoms with Crippen LogP contribution in [0.5, 0.6) is 0 Å². The van der Waals surface area contributed by atoms with Crippen molar-refractivity contribution in [2.24, 2.45) is 0 Å². The smallest absolute Gasteiger partial charge is 0.344 e. The van der Waals surface area contributed by atoms with E-state index in [1.807, 2.05) is 6.92 Å². The van der Waals surface area contributed by atoms with Gasteiger partial charge in [-0.2, -0.15) is 8.42 Å². The highest BCUT2D eigenvalue weighted by atomic mass is 32.2. The number of carbonyl (C=O) groups excluding carboxylic acids is 1. The Kier molecular flexibility index (Phi) is 8.44. The van der Waals surface area contributed by atoms with E-state index in [9.17, 15) is 13.2 Å². The van der Waals surface area contributed by atoms with E-state index in [4.69, 9.17) is 13.3 Å². The van der Waals surface area contributed by atoms with Gasteiger partial charge in [0, 0.05) is 5.75 Å². The van der Waals surface area contributed by atoms with E-state index in [-0.39, 0.29) is 11.0 Å². The van der Waals surface area contributed by atoms with E-state index >= 15 is 0 Å². The molecule has 1 unspecified atom stereocenters. The molecule has 0 radical (unpaired) electrons. The zero-order chi connectivity index (χ0) is 22.0. The summed E-state index contributed by atoms with van der Waals surface area (Å²) in [6.07, 6.45) is 1.56. The van der Waals surface area contributed by atoms with Crippen molar-refractivity contribution in [3.05, 3.63) is 10.5 Å². The largest absolute Gasteiger partial charge is 0.462 e. The van der Waals surface area contributed by atoms with Gasteiger partial charge in [-0.15, -0.1) is 11.8 Å². The number of ether oxygens (including phenoxy) is 1. The fourth-order valence-corrected chi connectivity index (χ4v) is 6.63. The third-order valence-corrected chi connectivity index (χ3v) is 11.9. The molecule has 0 saturated heterocycles. The van der Waals surface area contributed by atoms with Crippen LogP contribution >= 0.6 is 11.8 Å². The molecule has 1 heterocycles. The number of thioether (sulfide) groups is 1. The van der Waals surface area contributed by atoms with E-state index in [1.165, 1.54) is 11.8 Å². The third-order valence-electron chi connectivity index (χ3n) is 5.29. The first-order valence-corrected chi connectivity index (χ1v) is 15.4. The zero-order valence-corrected chi connectivity index (χ0v) is 21.3. The molecule has 6 nitrogen and oxygen atoms in total. The molecule has 0 aromatic carbocycles. The predicted molar refractivity (Wildman–Crippen MR) is 117 cm³/mol. The molecule has 0 saturated carbocycles. The minimum Gasteiger partial charge on any atom is -0.462 e. The molecule has 1 rings (SSSR count). The van der Waals surface area contributed by atoms with E-state index < -0.39 is 30.1 Å². The van der Waals surface area contributed by atoms with Crippen molar-refractivity contribution in [3.63, 3.8) is 0 Å². The Hall–Kier alpha value is -0.353. The Morgan fingerprint density at radius 1 is 1.32 bits per heavy atom. The molecule has 9 heteroatoms. The summed E-state index contributed by atoms with van der Waals surface area (Å²) in [7, 11) is -5.61. The number of hydrogen-bond donors (Lipinski definition) is 0. The molecule has 0 spiro atoms. The highest BCUT2D eigenvalue weighted by Gasteiger charge is 2.48. The van der Waals surface area contributed by atoms with Gasteiger partial charge in [0.25, 0.3) is 10.1 Å². The highest BCUT2D eigenvalue weighted by Crippen LogP contribution is 2.48. The quantitative estimate of drug-likeness (QED) is 0.290. The van der Waals surface area contributed by atoms with Crippen LogP contribution in [0.25, 0.3) is 0 Å². The molecule has 0 bridgehead atoms. The molecule has 1 aliphatic heterocycles. The molecule has 0 aromatic rings. The summed E-state index contributed by atoms with van der Waals surface area (Å²) in [6.45, 7) is 16.8. The Labute approximate surface area is 176 Å². The van der Waals surface area contributed by atoms with Crippen molar-refractivity contribution < 1.29 is 26.6 Å². The van der Waals surface area contributed by atoms with Crippen LogP contribution in [-0.4, -0.2) is 53.0 Å². The maximum atomic E-state index is 12.5. The molecule has 0 amide bonds. The second-order valence-electron chi connectivity index (χ2n) is 9.06. The first-order chi connectivity index (χ1) is 12.5. The van der Waals surface area contributed by atoms with E-state index in [1.54, 1.807) is 13.8 Å². The molecule has 164 valence electrons. The monoisotopic (exact) mass is 452 g/mol. The Morgan fingerprint density at radius 2 is 1.89 bits per heavy atom. The summed E-state index contributed by atoms with van der Waals surface area (Å²) in [5.41, 5.74) is 0.311. The first-order valence-electron chi connectivity index (χ1n) is 9.64. The van der Waals surface area contributed by atoms with Crippen molar-refractivity contribution in [1.29, 1.82) is 0 Å². The average molecular weight is 453 g/mol.